The third-order valence-electron chi connectivity index (χ3n) is 3.11. The van der Waals surface area contributed by atoms with E-state index in [1.54, 1.807) is 13.0 Å². The number of rotatable bonds is 8. The number of sulfonamides is 1. The van der Waals surface area contributed by atoms with Crippen molar-refractivity contribution in [2.45, 2.75) is 38.5 Å². The number of ether oxygens (including phenoxy) is 1. The first-order valence-corrected chi connectivity index (χ1v) is 8.51. The lowest BCUT2D eigenvalue weighted by atomic mass is 10.1. The highest BCUT2D eigenvalue weighted by Crippen LogP contribution is 2.25. The zero-order valence-electron chi connectivity index (χ0n) is 13.0. The first-order valence-electron chi connectivity index (χ1n) is 7.02. The molecule has 0 bridgehead atoms. The molecule has 0 fully saturated rings. The van der Waals surface area contributed by atoms with Gasteiger partial charge >= 0.3 is 0 Å². The van der Waals surface area contributed by atoms with Gasteiger partial charge in [0.2, 0.25) is 10.0 Å². The fourth-order valence-electron chi connectivity index (χ4n) is 1.82. The van der Waals surface area contributed by atoms with Crippen LogP contribution in [-0.4, -0.2) is 27.9 Å². The summed E-state index contributed by atoms with van der Waals surface area (Å²) in [6.07, 6.45) is 1.07. The predicted molar refractivity (Wildman–Crippen MR) is 82.3 cm³/mol. The van der Waals surface area contributed by atoms with Crippen molar-refractivity contribution in [3.05, 3.63) is 23.8 Å². The lowest BCUT2D eigenvalue weighted by molar-refractivity contribution is 0.0988. The average Bonchev–Trinajstić information content (AvgIpc) is 2.45. The minimum absolute atomic E-state index is 0.00746. The molecule has 0 aliphatic heterocycles. The highest BCUT2D eigenvalue weighted by atomic mass is 32.2. The Kier molecular flexibility index (Phi) is 6.36. The van der Waals surface area contributed by atoms with Gasteiger partial charge in [-0.2, -0.15) is 0 Å². The van der Waals surface area contributed by atoms with Gasteiger partial charge in [-0.25, -0.2) is 13.1 Å². The van der Waals surface area contributed by atoms with Crippen LogP contribution in [0.2, 0.25) is 0 Å². The van der Waals surface area contributed by atoms with Gasteiger partial charge in [-0.1, -0.05) is 20.8 Å². The first kappa shape index (κ1) is 17.7. The van der Waals surface area contributed by atoms with Gasteiger partial charge < -0.3 is 4.74 Å². The van der Waals surface area contributed by atoms with Crippen molar-refractivity contribution in [2.24, 2.45) is 5.92 Å². The molecular weight excluding hydrogens is 290 g/mol. The number of carbonyl (C=O) groups is 1. The Morgan fingerprint density at radius 2 is 2.00 bits per heavy atom. The number of methoxy groups -OCH3 is 1. The topological polar surface area (TPSA) is 72.5 Å². The maximum atomic E-state index is 12.4. The summed E-state index contributed by atoms with van der Waals surface area (Å²) in [5.74, 6) is 0.540. The van der Waals surface area contributed by atoms with Gasteiger partial charge in [0.25, 0.3) is 0 Å². The second-order valence-electron chi connectivity index (χ2n) is 5.22. The molecule has 0 spiro atoms. The van der Waals surface area contributed by atoms with E-state index in [1.807, 2.05) is 13.8 Å². The Morgan fingerprint density at radius 1 is 1.33 bits per heavy atom. The zero-order valence-corrected chi connectivity index (χ0v) is 13.8. The smallest absolute Gasteiger partial charge is 0.244 e. The standard InChI is InChI=1S/C15H23NO4S/c1-5-13(17)12-6-7-14(20-4)15(10-12)21(18,19)16-9-8-11(2)3/h6-7,10-11,16H,5,8-9H2,1-4H3. The van der Waals surface area contributed by atoms with Crippen molar-refractivity contribution >= 4 is 15.8 Å². The lowest BCUT2D eigenvalue weighted by Crippen LogP contribution is -2.26. The number of hydrogen-bond acceptors (Lipinski definition) is 4. The number of hydrogen-bond donors (Lipinski definition) is 1. The number of benzene rings is 1. The van der Waals surface area contributed by atoms with Crippen molar-refractivity contribution in [3.63, 3.8) is 0 Å². The number of carbonyl (C=O) groups excluding carboxylic acids is 1. The molecule has 0 atom stereocenters. The highest BCUT2D eigenvalue weighted by molar-refractivity contribution is 7.89. The SMILES string of the molecule is CCC(=O)c1ccc(OC)c(S(=O)(=O)NCCC(C)C)c1. The van der Waals surface area contributed by atoms with Gasteiger partial charge in [0, 0.05) is 18.5 Å². The Morgan fingerprint density at radius 3 is 2.52 bits per heavy atom. The molecule has 5 nitrogen and oxygen atoms in total. The molecule has 6 heteroatoms. The summed E-state index contributed by atoms with van der Waals surface area (Å²) in [5.41, 5.74) is 0.377. The molecule has 0 aliphatic rings. The summed E-state index contributed by atoms with van der Waals surface area (Å²) < 4.78 is 32.4. The molecule has 0 heterocycles. The van der Waals surface area contributed by atoms with Crippen LogP contribution in [0.25, 0.3) is 0 Å². The minimum atomic E-state index is -3.69. The quantitative estimate of drug-likeness (QED) is 0.749. The molecule has 118 valence electrons. The first-order chi connectivity index (χ1) is 9.81. The third-order valence-corrected chi connectivity index (χ3v) is 4.59. The highest BCUT2D eigenvalue weighted by Gasteiger charge is 2.21. The van der Waals surface area contributed by atoms with Gasteiger partial charge in [-0.15, -0.1) is 0 Å². The molecule has 1 rings (SSSR count). The van der Waals surface area contributed by atoms with Crippen molar-refractivity contribution in [3.8, 4) is 5.75 Å². The van der Waals surface area contributed by atoms with E-state index >= 15 is 0 Å². The largest absolute Gasteiger partial charge is 0.495 e. The Balaban J connectivity index is 3.10. The molecule has 0 unspecified atom stereocenters. The summed E-state index contributed by atoms with van der Waals surface area (Å²) in [6.45, 7) is 6.14. The molecular formula is C15H23NO4S. The summed E-state index contributed by atoms with van der Waals surface area (Å²) in [7, 11) is -2.28. The van der Waals surface area contributed by atoms with Crippen LogP contribution in [0.1, 0.15) is 44.0 Å². The Labute approximate surface area is 126 Å². The molecule has 0 saturated carbocycles. The molecule has 0 radical (unpaired) electrons. The van der Waals surface area contributed by atoms with E-state index in [0.717, 1.165) is 6.42 Å². The summed E-state index contributed by atoms with van der Waals surface area (Å²) in [6, 6.07) is 4.47. The maximum absolute atomic E-state index is 12.4. The molecule has 0 aliphatic carbocycles. The minimum Gasteiger partial charge on any atom is -0.495 e. The van der Waals surface area contributed by atoms with Crippen molar-refractivity contribution in [2.75, 3.05) is 13.7 Å². The number of Topliss-reactive ketones (excluding diaryl/α,β-unsaturated/α-hetero) is 1. The normalized spacial score (nSPS) is 11.7. The van der Waals surface area contributed by atoms with Crippen molar-refractivity contribution < 1.29 is 17.9 Å². The molecule has 0 aromatic heterocycles. The van der Waals surface area contributed by atoms with Gasteiger partial charge in [0.15, 0.2) is 5.78 Å². The van der Waals surface area contributed by atoms with Gasteiger partial charge in [0.05, 0.1) is 7.11 Å². The molecule has 1 aromatic rings. The van der Waals surface area contributed by atoms with Crippen LogP contribution in [0.4, 0.5) is 0 Å². The van der Waals surface area contributed by atoms with E-state index in [9.17, 15) is 13.2 Å². The van der Waals surface area contributed by atoms with Crippen LogP contribution in [0, 0.1) is 5.92 Å². The van der Waals surface area contributed by atoms with Crippen LogP contribution in [0.5, 0.6) is 5.75 Å². The molecule has 1 aromatic carbocycles. The van der Waals surface area contributed by atoms with Gasteiger partial charge in [-0.05, 0) is 30.5 Å². The molecule has 0 amide bonds. The monoisotopic (exact) mass is 313 g/mol. The molecule has 0 saturated heterocycles. The Hall–Kier alpha value is -1.40. The van der Waals surface area contributed by atoms with Crippen LogP contribution < -0.4 is 9.46 Å². The zero-order chi connectivity index (χ0) is 16.0. The molecule has 1 N–H and O–H groups in total. The summed E-state index contributed by atoms with van der Waals surface area (Å²) >= 11 is 0. The second kappa shape index (κ2) is 7.56. The summed E-state index contributed by atoms with van der Waals surface area (Å²) in [5, 5.41) is 0. The Bertz CT molecular complexity index is 594. The fraction of sp³-hybridized carbons (Fsp3) is 0.533. The predicted octanol–water partition coefficient (Wildman–Crippen LogP) is 2.61. The summed E-state index contributed by atoms with van der Waals surface area (Å²) in [4.78, 5) is 11.7. The average molecular weight is 313 g/mol. The second-order valence-corrected chi connectivity index (χ2v) is 6.96. The van der Waals surface area contributed by atoms with Crippen molar-refractivity contribution in [1.82, 2.24) is 4.72 Å². The molecule has 21 heavy (non-hydrogen) atoms. The van der Waals surface area contributed by atoms with E-state index in [2.05, 4.69) is 4.72 Å². The van der Waals surface area contributed by atoms with E-state index in [-0.39, 0.29) is 16.4 Å². The lowest BCUT2D eigenvalue weighted by Gasteiger charge is -2.12. The fourth-order valence-corrected chi connectivity index (χ4v) is 3.06. The van der Waals surface area contributed by atoms with Crippen molar-refractivity contribution in [1.29, 1.82) is 0 Å². The van der Waals surface area contributed by atoms with E-state index in [0.29, 0.717) is 24.4 Å². The van der Waals surface area contributed by atoms with Gasteiger partial charge in [0.1, 0.15) is 10.6 Å². The van der Waals surface area contributed by atoms with Crippen LogP contribution >= 0.6 is 0 Å². The van der Waals surface area contributed by atoms with Crippen LogP contribution in [0.15, 0.2) is 23.1 Å². The third kappa shape index (κ3) is 4.82. The van der Waals surface area contributed by atoms with E-state index < -0.39 is 10.0 Å². The maximum Gasteiger partial charge on any atom is 0.244 e. The number of ketones is 1. The van der Waals surface area contributed by atoms with E-state index in [4.69, 9.17) is 4.74 Å². The van der Waals surface area contributed by atoms with Crippen LogP contribution in [-0.2, 0) is 10.0 Å². The number of nitrogens with one attached hydrogen (secondary N) is 1. The van der Waals surface area contributed by atoms with E-state index in [1.165, 1.54) is 19.2 Å². The van der Waals surface area contributed by atoms with Crippen LogP contribution in [0.3, 0.4) is 0 Å². The van der Waals surface area contributed by atoms with Gasteiger partial charge in [-0.3, -0.25) is 4.79 Å².